The third-order valence-corrected chi connectivity index (χ3v) is 1.97. The maximum absolute atomic E-state index is 10.2. The summed E-state index contributed by atoms with van der Waals surface area (Å²) in [6, 6.07) is 5.95. The van der Waals surface area contributed by atoms with Crippen molar-refractivity contribution in [3.63, 3.8) is 0 Å². The van der Waals surface area contributed by atoms with Crippen LogP contribution in [0.5, 0.6) is 5.75 Å². The zero-order valence-corrected chi connectivity index (χ0v) is 9.09. The van der Waals surface area contributed by atoms with Crippen LogP contribution < -0.4 is 0 Å². The predicted octanol–water partition coefficient (Wildman–Crippen LogP) is 0.720. The monoisotopic (exact) mass is 258 g/mol. The van der Waals surface area contributed by atoms with Crippen molar-refractivity contribution >= 4 is 0 Å². The lowest BCUT2D eigenvalue weighted by Crippen LogP contribution is -2.26. The van der Waals surface area contributed by atoms with Gasteiger partial charge in [-0.1, -0.05) is 12.1 Å². The molecule has 0 heterocycles. The van der Waals surface area contributed by atoms with Crippen molar-refractivity contribution < 1.29 is 25.0 Å². The molecular weight excluding hydrogens is 248 g/mol. The number of hydrogen-bond acceptors (Lipinski definition) is 7. The summed E-state index contributed by atoms with van der Waals surface area (Å²) in [5.74, 6) is -0.0115. The van der Waals surface area contributed by atoms with E-state index in [4.69, 9.17) is 0 Å². The van der Waals surface area contributed by atoms with Crippen LogP contribution >= 0.6 is 0 Å². The molecule has 0 aliphatic heterocycles. The van der Waals surface area contributed by atoms with E-state index >= 15 is 0 Å². The fraction of sp³-hybridized carbons (Fsp3) is 0.333. The van der Waals surface area contributed by atoms with Gasteiger partial charge >= 0.3 is 0 Å². The SMILES string of the molecule is O=[N+]([O-])OCC(Cc1cccc(O)c1)O[N+](=O)[O-]. The lowest BCUT2D eigenvalue weighted by molar-refractivity contribution is -0.789. The lowest BCUT2D eigenvalue weighted by Gasteiger charge is -2.13. The Labute approximate surface area is 101 Å². The molecule has 0 saturated heterocycles. The molecule has 1 unspecified atom stereocenters. The molecule has 1 rings (SSSR count). The Morgan fingerprint density at radius 1 is 1.28 bits per heavy atom. The van der Waals surface area contributed by atoms with E-state index < -0.39 is 22.9 Å². The molecule has 9 nitrogen and oxygen atoms in total. The Morgan fingerprint density at radius 2 is 2.00 bits per heavy atom. The van der Waals surface area contributed by atoms with Crippen molar-refractivity contribution in [1.82, 2.24) is 0 Å². The van der Waals surface area contributed by atoms with Gasteiger partial charge in [-0.2, -0.15) is 0 Å². The highest BCUT2D eigenvalue weighted by Crippen LogP contribution is 2.14. The van der Waals surface area contributed by atoms with E-state index in [2.05, 4.69) is 9.68 Å². The lowest BCUT2D eigenvalue weighted by atomic mass is 10.1. The van der Waals surface area contributed by atoms with E-state index in [0.29, 0.717) is 5.56 Å². The molecule has 1 aromatic carbocycles. The highest BCUT2D eigenvalue weighted by atomic mass is 17.0. The quantitative estimate of drug-likeness (QED) is 0.564. The zero-order valence-electron chi connectivity index (χ0n) is 9.09. The number of aromatic hydroxyl groups is 1. The third-order valence-electron chi connectivity index (χ3n) is 1.97. The van der Waals surface area contributed by atoms with Gasteiger partial charge in [0, 0.05) is 6.42 Å². The Morgan fingerprint density at radius 3 is 2.56 bits per heavy atom. The highest BCUT2D eigenvalue weighted by Gasteiger charge is 2.16. The molecule has 18 heavy (non-hydrogen) atoms. The molecule has 0 aliphatic carbocycles. The smallest absolute Gasteiger partial charge is 0.294 e. The Balaban J connectivity index is 2.65. The minimum absolute atomic E-state index is 0.00319. The van der Waals surface area contributed by atoms with Crippen molar-refractivity contribution in [2.75, 3.05) is 6.61 Å². The number of rotatable bonds is 7. The molecule has 0 amide bonds. The first-order valence-electron chi connectivity index (χ1n) is 4.83. The minimum atomic E-state index is -1.12. The van der Waals surface area contributed by atoms with Crippen molar-refractivity contribution in [3.8, 4) is 5.75 Å². The first kappa shape index (κ1) is 13.5. The molecule has 98 valence electrons. The molecule has 0 aromatic heterocycles. The standard InChI is InChI=1S/C9H10N2O7/c12-8-3-1-2-7(4-8)5-9(18-11(15)16)6-17-10(13)14/h1-4,9,12H,5-6H2. The minimum Gasteiger partial charge on any atom is -0.508 e. The van der Waals surface area contributed by atoms with Crippen LogP contribution in [-0.4, -0.2) is 28.0 Å². The molecule has 0 spiro atoms. The maximum Gasteiger partial charge on any atom is 0.294 e. The van der Waals surface area contributed by atoms with Crippen LogP contribution in [0.4, 0.5) is 0 Å². The van der Waals surface area contributed by atoms with Crippen LogP contribution in [-0.2, 0) is 16.1 Å². The molecule has 0 radical (unpaired) electrons. The predicted molar refractivity (Wildman–Crippen MR) is 56.6 cm³/mol. The van der Waals surface area contributed by atoms with Gasteiger partial charge in [0.05, 0.1) is 0 Å². The van der Waals surface area contributed by atoms with Crippen LogP contribution in [0.1, 0.15) is 5.56 Å². The van der Waals surface area contributed by atoms with E-state index in [1.54, 1.807) is 12.1 Å². The fourth-order valence-electron chi connectivity index (χ4n) is 1.34. The number of phenolic OH excluding ortho intramolecular Hbond substituents is 1. The molecule has 1 atom stereocenters. The van der Waals surface area contributed by atoms with Crippen molar-refractivity contribution in [2.45, 2.75) is 12.5 Å². The average Bonchev–Trinajstić information content (AvgIpc) is 2.25. The number of hydrogen-bond donors (Lipinski definition) is 1. The average molecular weight is 258 g/mol. The van der Waals surface area contributed by atoms with Gasteiger partial charge in [-0.3, -0.25) is 0 Å². The molecule has 9 heteroatoms. The van der Waals surface area contributed by atoms with Gasteiger partial charge in [-0.05, 0) is 17.7 Å². The summed E-state index contributed by atoms with van der Waals surface area (Å²) in [6.45, 7) is -0.566. The first-order valence-corrected chi connectivity index (χ1v) is 4.83. The molecule has 0 aliphatic rings. The van der Waals surface area contributed by atoms with Crippen LogP contribution in [0.25, 0.3) is 0 Å². The van der Waals surface area contributed by atoms with Crippen LogP contribution in [0, 0.1) is 20.2 Å². The Hall–Kier alpha value is -2.58. The van der Waals surface area contributed by atoms with E-state index in [1.165, 1.54) is 12.1 Å². The second kappa shape index (κ2) is 6.23. The summed E-state index contributed by atoms with van der Waals surface area (Å²) in [6.07, 6.45) is -1.12. The summed E-state index contributed by atoms with van der Waals surface area (Å²) in [4.78, 5) is 28.5. The summed E-state index contributed by atoms with van der Waals surface area (Å²) in [7, 11) is 0. The first-order chi connectivity index (χ1) is 8.47. The normalized spacial score (nSPS) is 11.6. The van der Waals surface area contributed by atoms with Crippen molar-refractivity contribution in [2.24, 2.45) is 0 Å². The van der Waals surface area contributed by atoms with Crippen LogP contribution in [0.15, 0.2) is 24.3 Å². The molecule has 0 bridgehead atoms. The second-order valence-electron chi connectivity index (χ2n) is 3.34. The van der Waals surface area contributed by atoms with Crippen LogP contribution in [0.3, 0.4) is 0 Å². The van der Waals surface area contributed by atoms with E-state index in [0.717, 1.165) is 0 Å². The Kier molecular flexibility index (Phi) is 4.67. The third kappa shape index (κ3) is 4.96. The molecule has 1 N–H and O–H groups in total. The molecule has 0 saturated carbocycles. The number of benzene rings is 1. The van der Waals surface area contributed by atoms with Gasteiger partial charge in [-0.15, -0.1) is 20.2 Å². The van der Waals surface area contributed by atoms with Gasteiger partial charge in [0.15, 0.2) is 0 Å². The largest absolute Gasteiger partial charge is 0.508 e. The van der Waals surface area contributed by atoms with E-state index in [9.17, 15) is 25.3 Å². The summed E-state index contributed by atoms with van der Waals surface area (Å²) < 4.78 is 0. The maximum atomic E-state index is 10.2. The second-order valence-corrected chi connectivity index (χ2v) is 3.34. The number of nitrogens with zero attached hydrogens (tertiary/aromatic N) is 2. The molecule has 1 aromatic rings. The van der Waals surface area contributed by atoms with Gasteiger partial charge in [-0.25, -0.2) is 0 Å². The van der Waals surface area contributed by atoms with Gasteiger partial charge in [0.1, 0.15) is 18.5 Å². The van der Waals surface area contributed by atoms with Crippen molar-refractivity contribution in [3.05, 3.63) is 50.1 Å². The van der Waals surface area contributed by atoms with Crippen molar-refractivity contribution in [1.29, 1.82) is 0 Å². The Bertz CT molecular complexity index is 437. The van der Waals surface area contributed by atoms with Gasteiger partial charge < -0.3 is 14.8 Å². The topological polar surface area (TPSA) is 125 Å². The zero-order chi connectivity index (χ0) is 13.5. The highest BCUT2D eigenvalue weighted by molar-refractivity contribution is 5.27. The summed E-state index contributed by atoms with van der Waals surface area (Å²) >= 11 is 0. The van der Waals surface area contributed by atoms with Gasteiger partial charge in [0.25, 0.3) is 10.2 Å². The van der Waals surface area contributed by atoms with E-state index in [1.807, 2.05) is 0 Å². The number of phenols is 1. The fourth-order valence-corrected chi connectivity index (χ4v) is 1.34. The van der Waals surface area contributed by atoms with E-state index in [-0.39, 0.29) is 12.2 Å². The van der Waals surface area contributed by atoms with Crippen LogP contribution in [0.2, 0.25) is 0 Å². The summed E-state index contributed by atoms with van der Waals surface area (Å²) in [5.41, 5.74) is 0.536. The van der Waals surface area contributed by atoms with Gasteiger partial charge in [0.2, 0.25) is 0 Å². The summed E-state index contributed by atoms with van der Waals surface area (Å²) in [5, 5.41) is 27.3. The molecular formula is C9H10N2O7. The molecule has 0 fully saturated rings.